The molecule has 1 aromatic carbocycles. The normalized spacial score (nSPS) is 17.3. The first kappa shape index (κ1) is 15.2. The van der Waals surface area contributed by atoms with Gasteiger partial charge < -0.3 is 15.0 Å². The zero-order valence-electron chi connectivity index (χ0n) is 13.2. The summed E-state index contributed by atoms with van der Waals surface area (Å²) >= 11 is 0. The maximum atomic E-state index is 6.36. The van der Waals surface area contributed by atoms with E-state index in [1.54, 1.807) is 0 Å². The van der Waals surface area contributed by atoms with Crippen molar-refractivity contribution in [1.82, 2.24) is 10.1 Å². The Hall–Kier alpha value is -1.72. The summed E-state index contributed by atoms with van der Waals surface area (Å²) in [5.74, 6) is 1.16. The van der Waals surface area contributed by atoms with Crippen LogP contribution in [0.15, 0.2) is 28.8 Å². The summed E-state index contributed by atoms with van der Waals surface area (Å²) < 4.78 is 11.0. The highest BCUT2D eigenvalue weighted by Gasteiger charge is 2.36. The van der Waals surface area contributed by atoms with E-state index >= 15 is 0 Å². The van der Waals surface area contributed by atoms with Crippen LogP contribution in [0.2, 0.25) is 0 Å². The monoisotopic (exact) mass is 301 g/mol. The minimum Gasteiger partial charge on any atom is -0.374 e. The minimum absolute atomic E-state index is 0.227. The number of aromatic nitrogens is 2. The number of ether oxygens (including phenoxy) is 1. The highest BCUT2D eigenvalue weighted by Crippen LogP contribution is 2.35. The first-order valence-electron chi connectivity index (χ1n) is 7.91. The molecule has 0 bridgehead atoms. The second kappa shape index (κ2) is 6.18. The van der Waals surface area contributed by atoms with Crippen LogP contribution in [-0.4, -0.2) is 16.2 Å². The van der Waals surface area contributed by atoms with Crippen LogP contribution >= 0.6 is 0 Å². The molecule has 0 unspecified atom stereocenters. The summed E-state index contributed by atoms with van der Waals surface area (Å²) in [5, 5.41) is 4.09. The van der Waals surface area contributed by atoms with Crippen molar-refractivity contribution in [1.29, 1.82) is 0 Å². The Morgan fingerprint density at radius 1 is 1.23 bits per heavy atom. The van der Waals surface area contributed by atoms with Crippen molar-refractivity contribution in [2.75, 3.05) is 0 Å². The summed E-state index contributed by atoms with van der Waals surface area (Å²) in [4.78, 5) is 4.50. The molecule has 0 atom stereocenters. The van der Waals surface area contributed by atoms with Crippen LogP contribution in [0.1, 0.15) is 50.9 Å². The Bertz CT molecular complexity index is 613. The van der Waals surface area contributed by atoms with Gasteiger partial charge in [0.1, 0.15) is 0 Å². The fourth-order valence-corrected chi connectivity index (χ4v) is 2.78. The first-order valence-corrected chi connectivity index (χ1v) is 7.91. The van der Waals surface area contributed by atoms with Crippen LogP contribution in [-0.2, 0) is 16.9 Å². The van der Waals surface area contributed by atoms with Gasteiger partial charge in [-0.1, -0.05) is 30.1 Å². The molecule has 0 radical (unpaired) electrons. The number of hydrogen-bond donors (Lipinski definition) is 1. The molecule has 22 heavy (non-hydrogen) atoms. The van der Waals surface area contributed by atoms with Gasteiger partial charge in [-0.3, -0.25) is 0 Å². The topological polar surface area (TPSA) is 74.2 Å². The zero-order valence-corrected chi connectivity index (χ0v) is 13.2. The molecule has 2 aromatic rings. The molecule has 3 rings (SSSR count). The third-order valence-electron chi connectivity index (χ3n) is 4.15. The zero-order chi connectivity index (χ0) is 15.6. The summed E-state index contributed by atoms with van der Waals surface area (Å²) in [6, 6.07) is 8.01. The Morgan fingerprint density at radius 2 is 1.91 bits per heavy atom. The van der Waals surface area contributed by atoms with Gasteiger partial charge in [0, 0.05) is 5.56 Å². The van der Waals surface area contributed by atoms with Crippen LogP contribution in [0.5, 0.6) is 0 Å². The van der Waals surface area contributed by atoms with Crippen molar-refractivity contribution >= 4 is 0 Å². The largest absolute Gasteiger partial charge is 0.374 e. The van der Waals surface area contributed by atoms with Crippen molar-refractivity contribution in [2.45, 2.75) is 57.8 Å². The molecule has 1 fully saturated rings. The van der Waals surface area contributed by atoms with E-state index in [4.69, 9.17) is 15.0 Å². The lowest BCUT2D eigenvalue weighted by molar-refractivity contribution is 0.0657. The molecule has 5 heteroatoms. The minimum atomic E-state index is -0.410. The molecule has 118 valence electrons. The average Bonchev–Trinajstić information content (AvgIpc) is 3.15. The Kier molecular flexibility index (Phi) is 4.27. The number of rotatable bonds is 5. The van der Waals surface area contributed by atoms with E-state index in [-0.39, 0.29) is 6.10 Å². The molecule has 1 aliphatic carbocycles. The van der Waals surface area contributed by atoms with Gasteiger partial charge in [0.25, 0.3) is 5.89 Å². The number of nitrogens with two attached hydrogens (primary N) is 1. The van der Waals surface area contributed by atoms with Crippen molar-refractivity contribution in [3.05, 3.63) is 35.7 Å². The predicted octanol–water partition coefficient (Wildman–Crippen LogP) is 3.39. The van der Waals surface area contributed by atoms with Gasteiger partial charge in [-0.05, 0) is 44.4 Å². The van der Waals surface area contributed by atoms with Crippen molar-refractivity contribution in [3.8, 4) is 11.5 Å². The molecule has 0 amide bonds. The van der Waals surface area contributed by atoms with Crippen LogP contribution in [0.3, 0.4) is 0 Å². The lowest BCUT2D eigenvalue weighted by Gasteiger charge is -2.17. The molecule has 1 heterocycles. The maximum Gasteiger partial charge on any atom is 0.257 e. The summed E-state index contributed by atoms with van der Waals surface area (Å²) in [7, 11) is 0. The summed E-state index contributed by atoms with van der Waals surface area (Å²) in [6.45, 7) is 4.67. The third-order valence-corrected chi connectivity index (χ3v) is 4.15. The highest BCUT2D eigenvalue weighted by atomic mass is 16.5. The van der Waals surface area contributed by atoms with E-state index in [1.165, 1.54) is 0 Å². The lowest BCUT2D eigenvalue weighted by atomic mass is 9.99. The van der Waals surface area contributed by atoms with Gasteiger partial charge in [0.05, 0.1) is 18.2 Å². The van der Waals surface area contributed by atoms with Crippen LogP contribution in [0.25, 0.3) is 11.5 Å². The van der Waals surface area contributed by atoms with Gasteiger partial charge in [-0.2, -0.15) is 4.98 Å². The standard InChI is InChI=1S/C17H23N3O2/c1-12(2)21-11-13-5-7-14(8-6-13)15-19-16(20-22-15)17(18)9-3-4-10-17/h5-8,12H,3-4,9-11,18H2,1-2H3. The lowest BCUT2D eigenvalue weighted by Crippen LogP contribution is -2.34. The van der Waals surface area contributed by atoms with Crippen molar-refractivity contribution < 1.29 is 9.26 Å². The van der Waals surface area contributed by atoms with Gasteiger partial charge in [0.2, 0.25) is 0 Å². The summed E-state index contributed by atoms with van der Waals surface area (Å²) in [6.07, 6.45) is 4.34. The molecule has 0 spiro atoms. The van der Waals surface area contributed by atoms with Crippen LogP contribution < -0.4 is 5.73 Å². The van der Waals surface area contributed by atoms with E-state index in [1.807, 2.05) is 38.1 Å². The Balaban J connectivity index is 1.73. The van der Waals surface area contributed by atoms with Crippen LogP contribution in [0, 0.1) is 0 Å². The predicted molar refractivity (Wildman–Crippen MR) is 84.0 cm³/mol. The Labute approximate surface area is 130 Å². The molecule has 0 aliphatic heterocycles. The van der Waals surface area contributed by atoms with Gasteiger partial charge >= 0.3 is 0 Å². The maximum absolute atomic E-state index is 6.36. The highest BCUT2D eigenvalue weighted by molar-refractivity contribution is 5.53. The molecule has 1 aliphatic rings. The molecule has 1 aromatic heterocycles. The van der Waals surface area contributed by atoms with E-state index in [9.17, 15) is 0 Å². The van der Waals surface area contributed by atoms with Gasteiger partial charge in [-0.15, -0.1) is 0 Å². The molecule has 2 N–H and O–H groups in total. The number of benzene rings is 1. The van der Waals surface area contributed by atoms with E-state index in [0.29, 0.717) is 18.3 Å². The molecular formula is C17H23N3O2. The third kappa shape index (κ3) is 3.20. The second-order valence-corrected chi connectivity index (χ2v) is 6.34. The summed E-state index contributed by atoms with van der Waals surface area (Å²) in [5.41, 5.74) is 7.99. The number of hydrogen-bond acceptors (Lipinski definition) is 5. The fourth-order valence-electron chi connectivity index (χ4n) is 2.78. The van der Waals surface area contributed by atoms with Gasteiger partial charge in [0.15, 0.2) is 5.82 Å². The SMILES string of the molecule is CC(C)OCc1ccc(-c2nc(C3(N)CCCC3)no2)cc1. The molecule has 0 saturated heterocycles. The van der Waals surface area contributed by atoms with E-state index < -0.39 is 5.54 Å². The van der Waals surface area contributed by atoms with Crippen molar-refractivity contribution in [3.63, 3.8) is 0 Å². The average molecular weight is 301 g/mol. The Morgan fingerprint density at radius 3 is 2.55 bits per heavy atom. The number of nitrogens with zero attached hydrogens (tertiary/aromatic N) is 2. The van der Waals surface area contributed by atoms with Crippen molar-refractivity contribution in [2.24, 2.45) is 5.73 Å². The quantitative estimate of drug-likeness (QED) is 0.916. The van der Waals surface area contributed by atoms with E-state index in [0.717, 1.165) is 36.8 Å². The van der Waals surface area contributed by atoms with E-state index in [2.05, 4.69) is 10.1 Å². The van der Waals surface area contributed by atoms with Gasteiger partial charge in [-0.25, -0.2) is 0 Å². The van der Waals surface area contributed by atoms with Crippen LogP contribution in [0.4, 0.5) is 0 Å². The first-order chi connectivity index (χ1) is 10.6. The fraction of sp³-hybridized carbons (Fsp3) is 0.529. The molecule has 1 saturated carbocycles. The molecular weight excluding hydrogens is 278 g/mol. The smallest absolute Gasteiger partial charge is 0.257 e. The molecule has 5 nitrogen and oxygen atoms in total. The second-order valence-electron chi connectivity index (χ2n) is 6.34.